The minimum Gasteiger partial charge on any atom is -0.397 e. The zero-order valence-electron chi connectivity index (χ0n) is 9.30. The first-order valence-electron chi connectivity index (χ1n) is 5.07. The van der Waals surface area contributed by atoms with Gasteiger partial charge in [0.1, 0.15) is 4.90 Å². The molecule has 4 N–H and O–H groups in total. The Balaban J connectivity index is 2.74. The molecule has 0 aromatic heterocycles. The predicted octanol–water partition coefficient (Wildman–Crippen LogP) is 2.24. The van der Waals surface area contributed by atoms with Crippen molar-refractivity contribution in [3.63, 3.8) is 0 Å². The summed E-state index contributed by atoms with van der Waals surface area (Å²) in [5.74, 6) is 0. The highest BCUT2D eigenvalue weighted by atomic mass is 35.5. The summed E-state index contributed by atoms with van der Waals surface area (Å²) in [7, 11) is -3.95. The van der Waals surface area contributed by atoms with E-state index in [9.17, 15) is 8.42 Å². The topological polar surface area (TPSA) is 86.2 Å². The average molecular weight is 283 g/mol. The van der Waals surface area contributed by atoms with Crippen LogP contribution in [0.25, 0.3) is 11.1 Å². The van der Waals surface area contributed by atoms with Gasteiger partial charge >= 0.3 is 0 Å². The van der Waals surface area contributed by atoms with Gasteiger partial charge in [0.05, 0.1) is 10.7 Å². The first kappa shape index (κ1) is 12.9. The molecular weight excluding hydrogens is 272 g/mol. The Labute approximate surface area is 110 Å². The van der Waals surface area contributed by atoms with Gasteiger partial charge in [-0.2, -0.15) is 0 Å². The van der Waals surface area contributed by atoms with Gasteiger partial charge in [0, 0.05) is 5.56 Å². The van der Waals surface area contributed by atoms with E-state index in [0.717, 1.165) is 5.56 Å². The van der Waals surface area contributed by atoms with E-state index >= 15 is 0 Å². The van der Waals surface area contributed by atoms with Crippen LogP contribution in [0.4, 0.5) is 5.69 Å². The minimum atomic E-state index is -3.95. The number of halogens is 1. The number of hydrogen-bond donors (Lipinski definition) is 2. The molecule has 0 radical (unpaired) electrons. The highest BCUT2D eigenvalue weighted by molar-refractivity contribution is 7.89. The van der Waals surface area contributed by atoms with E-state index in [1.54, 1.807) is 6.07 Å². The molecule has 0 heterocycles. The second-order valence-electron chi connectivity index (χ2n) is 3.75. The Morgan fingerprint density at radius 2 is 1.61 bits per heavy atom. The van der Waals surface area contributed by atoms with Gasteiger partial charge in [0.25, 0.3) is 0 Å². The Kier molecular flexibility index (Phi) is 3.30. The third-order valence-electron chi connectivity index (χ3n) is 2.52. The molecule has 4 nitrogen and oxygen atoms in total. The third kappa shape index (κ3) is 2.33. The Morgan fingerprint density at radius 1 is 1.00 bits per heavy atom. The molecular formula is C12H11ClN2O2S. The molecule has 2 aromatic carbocycles. The number of nitrogen functional groups attached to an aromatic ring is 1. The number of nitrogens with two attached hydrogens (primary N) is 2. The lowest BCUT2D eigenvalue weighted by atomic mass is 10.0. The normalized spacial score (nSPS) is 11.4. The van der Waals surface area contributed by atoms with Crippen molar-refractivity contribution in [3.8, 4) is 11.1 Å². The summed E-state index contributed by atoms with van der Waals surface area (Å²) >= 11 is 5.83. The molecule has 0 saturated heterocycles. The minimum absolute atomic E-state index is 0.0229. The maximum atomic E-state index is 11.5. The standard InChI is InChI=1S/C12H11ClN2O2S/c13-10-7-6-9(8-4-2-1-3-5-8)11(14)12(10)18(15,16)17/h1-7H,14H2,(H2,15,16,17). The lowest BCUT2D eigenvalue weighted by Crippen LogP contribution is -2.15. The van der Waals surface area contributed by atoms with E-state index in [0.29, 0.717) is 5.56 Å². The van der Waals surface area contributed by atoms with Gasteiger partial charge < -0.3 is 5.73 Å². The summed E-state index contributed by atoms with van der Waals surface area (Å²) in [6.45, 7) is 0. The lowest BCUT2D eigenvalue weighted by Gasteiger charge is -2.11. The average Bonchev–Trinajstić information content (AvgIpc) is 2.28. The van der Waals surface area contributed by atoms with Gasteiger partial charge in [-0.3, -0.25) is 0 Å². The smallest absolute Gasteiger partial charge is 0.241 e. The summed E-state index contributed by atoms with van der Waals surface area (Å²) < 4.78 is 22.9. The Morgan fingerprint density at radius 3 is 2.17 bits per heavy atom. The molecule has 0 aliphatic heterocycles. The van der Waals surface area contributed by atoms with Crippen LogP contribution in [-0.2, 0) is 10.0 Å². The molecule has 2 aromatic rings. The van der Waals surface area contributed by atoms with Crippen LogP contribution >= 0.6 is 11.6 Å². The van der Waals surface area contributed by atoms with Gasteiger partial charge in [0.15, 0.2) is 0 Å². The zero-order chi connectivity index (χ0) is 13.3. The van der Waals surface area contributed by atoms with E-state index in [1.165, 1.54) is 6.07 Å². The first-order valence-corrected chi connectivity index (χ1v) is 7.00. The number of anilines is 1. The molecule has 0 bridgehead atoms. The largest absolute Gasteiger partial charge is 0.397 e. The lowest BCUT2D eigenvalue weighted by molar-refractivity contribution is 0.598. The van der Waals surface area contributed by atoms with Crippen LogP contribution in [0.5, 0.6) is 0 Å². The number of rotatable bonds is 2. The van der Waals surface area contributed by atoms with E-state index in [4.69, 9.17) is 22.5 Å². The highest BCUT2D eigenvalue weighted by Gasteiger charge is 2.19. The molecule has 94 valence electrons. The van der Waals surface area contributed by atoms with Crippen molar-refractivity contribution in [2.45, 2.75) is 4.90 Å². The van der Waals surface area contributed by atoms with Crippen LogP contribution in [0.1, 0.15) is 0 Å². The quantitative estimate of drug-likeness (QED) is 0.828. The van der Waals surface area contributed by atoms with Crippen molar-refractivity contribution in [3.05, 3.63) is 47.5 Å². The molecule has 0 aliphatic rings. The van der Waals surface area contributed by atoms with Crippen LogP contribution in [0.2, 0.25) is 5.02 Å². The molecule has 0 fully saturated rings. The van der Waals surface area contributed by atoms with Crippen LogP contribution in [0.15, 0.2) is 47.4 Å². The molecule has 6 heteroatoms. The van der Waals surface area contributed by atoms with Gasteiger partial charge in [0.2, 0.25) is 10.0 Å². The monoisotopic (exact) mass is 282 g/mol. The van der Waals surface area contributed by atoms with Crippen molar-refractivity contribution in [2.75, 3.05) is 5.73 Å². The van der Waals surface area contributed by atoms with Crippen LogP contribution < -0.4 is 10.9 Å². The van der Waals surface area contributed by atoms with Crippen LogP contribution in [0, 0.1) is 0 Å². The predicted molar refractivity (Wildman–Crippen MR) is 72.7 cm³/mol. The summed E-state index contributed by atoms with van der Waals surface area (Å²) in [6, 6.07) is 12.3. The van der Waals surface area contributed by atoms with Gasteiger partial charge in [-0.1, -0.05) is 48.0 Å². The molecule has 0 amide bonds. The van der Waals surface area contributed by atoms with Crippen LogP contribution in [0.3, 0.4) is 0 Å². The fourth-order valence-electron chi connectivity index (χ4n) is 1.73. The van der Waals surface area contributed by atoms with Crippen molar-refractivity contribution >= 4 is 27.3 Å². The molecule has 0 aliphatic carbocycles. The molecule has 18 heavy (non-hydrogen) atoms. The fraction of sp³-hybridized carbons (Fsp3) is 0. The summed E-state index contributed by atoms with van der Waals surface area (Å²) in [6.07, 6.45) is 0. The highest BCUT2D eigenvalue weighted by Crippen LogP contribution is 2.35. The Bertz CT molecular complexity index is 685. The van der Waals surface area contributed by atoms with Crippen molar-refractivity contribution in [1.82, 2.24) is 0 Å². The molecule has 0 saturated carbocycles. The van der Waals surface area contributed by atoms with E-state index in [2.05, 4.69) is 0 Å². The first-order chi connectivity index (χ1) is 8.41. The summed E-state index contributed by atoms with van der Waals surface area (Å²) in [4.78, 5) is -0.231. The van der Waals surface area contributed by atoms with E-state index < -0.39 is 10.0 Å². The summed E-state index contributed by atoms with van der Waals surface area (Å²) in [5, 5.41) is 5.14. The van der Waals surface area contributed by atoms with Crippen molar-refractivity contribution < 1.29 is 8.42 Å². The molecule has 0 spiro atoms. The van der Waals surface area contributed by atoms with Crippen molar-refractivity contribution in [1.29, 1.82) is 0 Å². The van der Waals surface area contributed by atoms with Gasteiger partial charge in [-0.15, -0.1) is 0 Å². The van der Waals surface area contributed by atoms with Gasteiger partial charge in [-0.25, -0.2) is 13.6 Å². The maximum Gasteiger partial charge on any atom is 0.241 e. The molecule has 0 unspecified atom stereocenters. The number of hydrogen-bond acceptors (Lipinski definition) is 3. The number of benzene rings is 2. The number of primary sulfonamides is 1. The third-order valence-corrected chi connectivity index (χ3v) is 3.95. The summed E-state index contributed by atoms with van der Waals surface area (Å²) in [5.41, 5.74) is 7.31. The van der Waals surface area contributed by atoms with E-state index in [1.807, 2.05) is 30.3 Å². The van der Waals surface area contributed by atoms with Crippen molar-refractivity contribution in [2.24, 2.45) is 5.14 Å². The van der Waals surface area contributed by atoms with E-state index in [-0.39, 0.29) is 15.6 Å². The Hall–Kier alpha value is -1.56. The second-order valence-corrected chi connectivity index (χ2v) is 5.65. The molecule has 2 rings (SSSR count). The fourth-order valence-corrected chi connectivity index (χ4v) is 2.98. The van der Waals surface area contributed by atoms with Gasteiger partial charge in [-0.05, 0) is 11.6 Å². The SMILES string of the molecule is Nc1c(-c2ccccc2)ccc(Cl)c1S(N)(=O)=O. The second kappa shape index (κ2) is 4.61. The van der Waals surface area contributed by atoms with Crippen LogP contribution in [-0.4, -0.2) is 8.42 Å². The number of sulfonamides is 1. The zero-order valence-corrected chi connectivity index (χ0v) is 10.9. The maximum absolute atomic E-state index is 11.5. The molecule has 0 atom stereocenters.